The van der Waals surface area contributed by atoms with Gasteiger partial charge in [-0.2, -0.15) is 13.2 Å². The fraction of sp³-hybridized carbons (Fsp3) is 0.0714. The zero-order valence-electron chi connectivity index (χ0n) is 12.7. The number of aromatic nitrogens is 5. The highest BCUT2D eigenvalue weighted by Crippen LogP contribution is 2.19. The minimum Gasteiger partial charge on any atom is -0.334 e. The fourth-order valence-corrected chi connectivity index (χ4v) is 2.79. The van der Waals surface area contributed by atoms with Crippen LogP contribution in [0.5, 0.6) is 0 Å². The second kappa shape index (κ2) is 6.65. The molecular weight excluding hydrogens is 348 g/mol. The Balaban J connectivity index is 1.78. The van der Waals surface area contributed by atoms with Gasteiger partial charge in [-0.25, -0.2) is 4.79 Å². The molecule has 0 radical (unpaired) electrons. The number of hydrogen-bond donors (Lipinski definition) is 1. The number of carbonyl (C=O) groups excluding carboxylic acids is 1. The molecule has 128 valence electrons. The predicted octanol–water partition coefficient (Wildman–Crippen LogP) is 0.567. The van der Waals surface area contributed by atoms with Crippen molar-refractivity contribution in [1.82, 2.24) is 25.2 Å². The van der Waals surface area contributed by atoms with Crippen molar-refractivity contribution in [3.63, 3.8) is 0 Å². The monoisotopic (exact) mass is 360 g/mol. The summed E-state index contributed by atoms with van der Waals surface area (Å²) in [6, 6.07) is 9.15. The molecule has 25 heavy (non-hydrogen) atoms. The lowest BCUT2D eigenvalue weighted by Gasteiger charge is -2.03. The van der Waals surface area contributed by atoms with Gasteiger partial charge in [0.25, 0.3) is 0 Å². The predicted molar refractivity (Wildman–Crippen MR) is 84.4 cm³/mol. The Morgan fingerprint density at radius 1 is 1.12 bits per heavy atom. The number of tetrazole rings is 1. The Morgan fingerprint density at radius 3 is 2.44 bits per heavy atom. The molecule has 2 N–H and O–H groups in total. The van der Waals surface area contributed by atoms with E-state index in [0.29, 0.717) is 17.9 Å². The zero-order valence-corrected chi connectivity index (χ0v) is 13.5. The van der Waals surface area contributed by atoms with Gasteiger partial charge >= 0.3 is 16.2 Å². The van der Waals surface area contributed by atoms with Gasteiger partial charge in [-0.15, -0.1) is 10.2 Å². The number of hydrogen-bond acceptors (Lipinski definition) is 8. The molecule has 2 heterocycles. The molecule has 11 heteroatoms. The maximum atomic E-state index is 11.7. The summed E-state index contributed by atoms with van der Waals surface area (Å²) < 4.78 is 27.5. The third-order valence-corrected chi connectivity index (χ3v) is 4.35. The lowest BCUT2D eigenvalue weighted by molar-refractivity contribution is 0.212. The molecule has 0 unspecified atom stereocenters. The van der Waals surface area contributed by atoms with Crippen molar-refractivity contribution in [3.05, 3.63) is 54.4 Å². The van der Waals surface area contributed by atoms with E-state index in [0.717, 1.165) is 5.56 Å². The first-order chi connectivity index (χ1) is 11.9. The van der Waals surface area contributed by atoms with Crippen molar-refractivity contribution >= 4 is 16.2 Å². The molecule has 3 rings (SSSR count). The van der Waals surface area contributed by atoms with E-state index in [4.69, 9.17) is 5.73 Å². The number of pyridine rings is 1. The van der Waals surface area contributed by atoms with Crippen LogP contribution in [-0.2, 0) is 20.8 Å². The molecule has 0 saturated heterocycles. The van der Waals surface area contributed by atoms with Crippen molar-refractivity contribution in [2.24, 2.45) is 5.73 Å². The smallest absolute Gasteiger partial charge is 0.334 e. The quantitative estimate of drug-likeness (QED) is 0.650. The number of benzene rings is 1. The van der Waals surface area contributed by atoms with E-state index in [1.807, 2.05) is 12.1 Å². The molecule has 0 bridgehead atoms. The summed E-state index contributed by atoms with van der Waals surface area (Å²) in [6.07, 6.45) is 1.94. The van der Waals surface area contributed by atoms with Crippen LogP contribution in [0.2, 0.25) is 0 Å². The Morgan fingerprint density at radius 2 is 1.80 bits per heavy atom. The number of nitrogens with zero attached hydrogens (tertiary/aromatic N) is 5. The number of primary amides is 1. The van der Waals surface area contributed by atoms with Crippen molar-refractivity contribution in [2.45, 2.75) is 11.4 Å². The van der Waals surface area contributed by atoms with Crippen LogP contribution in [0.4, 0.5) is 4.79 Å². The second-order valence-electron chi connectivity index (χ2n) is 4.88. The first-order valence-electron chi connectivity index (χ1n) is 6.95. The van der Waals surface area contributed by atoms with Crippen LogP contribution in [0, 0.1) is 0 Å². The third kappa shape index (κ3) is 3.95. The van der Waals surface area contributed by atoms with Crippen LogP contribution >= 0.6 is 0 Å². The topological polar surface area (TPSA) is 143 Å². The molecular formula is C14H12N6O4S. The SMILES string of the molecule is NC(=O)OS(=O)(=O)c1ccc(-c2nnn(Cc3ccncc3)n2)cc1. The molecule has 0 saturated carbocycles. The Bertz CT molecular complexity index is 986. The Kier molecular flexibility index (Phi) is 4.39. The number of carbonyl (C=O) groups is 1. The van der Waals surface area contributed by atoms with E-state index in [-0.39, 0.29) is 4.90 Å². The molecule has 0 aliphatic rings. The zero-order chi connectivity index (χ0) is 17.9. The van der Waals surface area contributed by atoms with Crippen LogP contribution in [-0.4, -0.2) is 39.7 Å². The van der Waals surface area contributed by atoms with Gasteiger partial charge in [0.2, 0.25) is 5.82 Å². The summed E-state index contributed by atoms with van der Waals surface area (Å²) in [5.41, 5.74) is 6.24. The minimum absolute atomic E-state index is 0.209. The van der Waals surface area contributed by atoms with Crippen molar-refractivity contribution in [1.29, 1.82) is 0 Å². The molecule has 1 amide bonds. The van der Waals surface area contributed by atoms with Crippen LogP contribution in [0.25, 0.3) is 11.4 Å². The minimum atomic E-state index is -4.24. The lowest BCUT2D eigenvalue weighted by Crippen LogP contribution is -2.18. The Hall–Kier alpha value is -3.34. The molecule has 1 aromatic carbocycles. The van der Waals surface area contributed by atoms with Crippen LogP contribution in [0.1, 0.15) is 5.56 Å². The van der Waals surface area contributed by atoms with Crippen LogP contribution in [0.15, 0.2) is 53.7 Å². The average molecular weight is 360 g/mol. The second-order valence-corrected chi connectivity index (χ2v) is 6.43. The summed E-state index contributed by atoms with van der Waals surface area (Å²) in [7, 11) is -4.24. The summed E-state index contributed by atoms with van der Waals surface area (Å²) in [6.45, 7) is 0.425. The highest BCUT2D eigenvalue weighted by Gasteiger charge is 2.18. The van der Waals surface area contributed by atoms with E-state index in [9.17, 15) is 13.2 Å². The highest BCUT2D eigenvalue weighted by molar-refractivity contribution is 7.87. The van der Waals surface area contributed by atoms with Crippen LogP contribution < -0.4 is 5.73 Å². The molecule has 0 atom stereocenters. The van der Waals surface area contributed by atoms with Gasteiger partial charge in [-0.3, -0.25) is 4.98 Å². The molecule has 0 spiro atoms. The Labute approximate surface area is 142 Å². The number of nitrogens with two attached hydrogens (primary N) is 1. The van der Waals surface area contributed by atoms with Gasteiger partial charge in [-0.1, -0.05) is 0 Å². The largest absolute Gasteiger partial charge is 0.420 e. The number of amides is 1. The summed E-state index contributed by atoms with van der Waals surface area (Å²) in [5.74, 6) is 0.328. The standard InChI is InChI=1S/C14H12N6O4S/c15-14(21)24-25(22,23)12-3-1-11(2-4-12)13-17-19-20(18-13)9-10-5-7-16-8-6-10/h1-8H,9H2,(H2,15,21). The summed E-state index contributed by atoms with van der Waals surface area (Å²) in [5, 5.41) is 12.1. The van der Waals surface area contributed by atoms with E-state index in [1.165, 1.54) is 29.1 Å². The molecule has 0 aliphatic carbocycles. The average Bonchev–Trinajstić information content (AvgIpc) is 3.03. The fourth-order valence-electron chi connectivity index (χ4n) is 2.00. The van der Waals surface area contributed by atoms with Crippen molar-refractivity contribution < 1.29 is 17.4 Å². The van der Waals surface area contributed by atoms with Gasteiger partial charge < -0.3 is 9.92 Å². The van der Waals surface area contributed by atoms with Gasteiger partial charge in [-0.05, 0) is 47.2 Å². The highest BCUT2D eigenvalue weighted by atomic mass is 32.2. The maximum Gasteiger partial charge on any atom is 0.420 e. The molecule has 0 aliphatic heterocycles. The molecule has 10 nitrogen and oxygen atoms in total. The first-order valence-corrected chi connectivity index (χ1v) is 8.36. The van der Waals surface area contributed by atoms with Crippen molar-refractivity contribution in [3.8, 4) is 11.4 Å². The van der Waals surface area contributed by atoms with Gasteiger partial charge in [0.1, 0.15) is 4.90 Å². The molecule has 2 aromatic heterocycles. The number of rotatable bonds is 5. The van der Waals surface area contributed by atoms with Gasteiger partial charge in [0.05, 0.1) is 6.54 Å². The van der Waals surface area contributed by atoms with E-state index >= 15 is 0 Å². The van der Waals surface area contributed by atoms with E-state index < -0.39 is 16.2 Å². The molecule has 0 fully saturated rings. The van der Waals surface area contributed by atoms with Gasteiger partial charge in [0, 0.05) is 18.0 Å². The first kappa shape index (κ1) is 16.5. The van der Waals surface area contributed by atoms with Crippen molar-refractivity contribution in [2.75, 3.05) is 0 Å². The van der Waals surface area contributed by atoms with Gasteiger partial charge in [0.15, 0.2) is 0 Å². The maximum absolute atomic E-state index is 11.7. The van der Waals surface area contributed by atoms with E-state index in [2.05, 4.69) is 24.6 Å². The third-order valence-electron chi connectivity index (χ3n) is 3.12. The van der Waals surface area contributed by atoms with E-state index in [1.54, 1.807) is 12.4 Å². The normalized spacial score (nSPS) is 11.2. The molecule has 3 aromatic rings. The lowest BCUT2D eigenvalue weighted by atomic mass is 10.2. The summed E-state index contributed by atoms with van der Waals surface area (Å²) >= 11 is 0. The summed E-state index contributed by atoms with van der Waals surface area (Å²) in [4.78, 5) is 15.7. The van der Waals surface area contributed by atoms with Crippen LogP contribution in [0.3, 0.4) is 0 Å².